The van der Waals surface area contributed by atoms with Crippen LogP contribution in [0, 0.1) is 5.92 Å². The van der Waals surface area contributed by atoms with E-state index in [0.717, 1.165) is 37.4 Å². The van der Waals surface area contributed by atoms with Crippen LogP contribution in [0.2, 0.25) is 0 Å². The summed E-state index contributed by atoms with van der Waals surface area (Å²) in [6.07, 6.45) is 2.82. The number of aromatic nitrogens is 1. The number of aliphatic hydroxyl groups is 1. The molecule has 1 saturated heterocycles. The van der Waals surface area contributed by atoms with Crippen molar-refractivity contribution in [2.24, 2.45) is 5.92 Å². The van der Waals surface area contributed by atoms with Crippen LogP contribution in [-0.2, 0) is 6.54 Å². The molecule has 0 saturated carbocycles. The summed E-state index contributed by atoms with van der Waals surface area (Å²) >= 11 is 0. The number of aliphatic hydroxyl groups excluding tert-OH is 1. The molecule has 1 atom stereocenters. The van der Waals surface area contributed by atoms with E-state index in [9.17, 15) is 0 Å². The highest BCUT2D eigenvalue weighted by Gasteiger charge is 2.21. The minimum absolute atomic E-state index is 0.293. The number of nitrogen functional groups attached to an aromatic ring is 1. The smallest absolute Gasteiger partial charge is 0.0564 e. The molecule has 0 aromatic carbocycles. The first-order valence-corrected chi connectivity index (χ1v) is 5.31. The molecule has 0 bridgehead atoms. The van der Waals surface area contributed by atoms with Crippen molar-refractivity contribution < 1.29 is 5.11 Å². The molecular formula is C11H17N3O. The number of rotatable bonds is 3. The van der Waals surface area contributed by atoms with E-state index in [2.05, 4.69) is 9.88 Å². The van der Waals surface area contributed by atoms with Gasteiger partial charge in [-0.1, -0.05) is 0 Å². The zero-order valence-corrected chi connectivity index (χ0v) is 8.76. The van der Waals surface area contributed by atoms with Crippen molar-refractivity contribution in [2.45, 2.75) is 13.0 Å². The van der Waals surface area contributed by atoms with Gasteiger partial charge < -0.3 is 10.8 Å². The van der Waals surface area contributed by atoms with E-state index in [4.69, 9.17) is 10.8 Å². The average Bonchev–Trinajstić information content (AvgIpc) is 2.65. The third-order valence-electron chi connectivity index (χ3n) is 2.85. The topological polar surface area (TPSA) is 62.4 Å². The Morgan fingerprint density at radius 3 is 3.13 bits per heavy atom. The molecule has 2 rings (SSSR count). The lowest BCUT2D eigenvalue weighted by Crippen LogP contribution is -2.21. The summed E-state index contributed by atoms with van der Waals surface area (Å²) in [5.41, 5.74) is 7.46. The molecule has 1 aromatic rings. The maximum Gasteiger partial charge on any atom is 0.0564 e. The highest BCUT2D eigenvalue weighted by Crippen LogP contribution is 2.17. The van der Waals surface area contributed by atoms with Gasteiger partial charge in [-0.05, 0) is 31.0 Å². The van der Waals surface area contributed by atoms with Crippen LogP contribution in [0.15, 0.2) is 18.3 Å². The number of pyridine rings is 1. The highest BCUT2D eigenvalue weighted by atomic mass is 16.3. The molecule has 0 amide bonds. The fourth-order valence-electron chi connectivity index (χ4n) is 2.02. The van der Waals surface area contributed by atoms with Gasteiger partial charge in [-0.2, -0.15) is 0 Å². The van der Waals surface area contributed by atoms with Crippen molar-refractivity contribution in [2.75, 3.05) is 25.4 Å². The third kappa shape index (κ3) is 2.67. The van der Waals surface area contributed by atoms with Gasteiger partial charge in [-0.25, -0.2) is 0 Å². The number of nitrogens with two attached hydrogens (primary N) is 1. The second-order valence-electron chi connectivity index (χ2n) is 4.15. The van der Waals surface area contributed by atoms with Crippen LogP contribution < -0.4 is 5.73 Å². The number of hydrogen-bond donors (Lipinski definition) is 2. The SMILES string of the molecule is Nc1ccnc(CN2CCC(CO)C2)c1. The van der Waals surface area contributed by atoms with Crippen LogP contribution in [0.5, 0.6) is 0 Å². The minimum atomic E-state index is 0.293. The van der Waals surface area contributed by atoms with Gasteiger partial charge in [0, 0.05) is 31.6 Å². The minimum Gasteiger partial charge on any atom is -0.399 e. The predicted molar refractivity (Wildman–Crippen MR) is 59.1 cm³/mol. The fourth-order valence-corrected chi connectivity index (χ4v) is 2.02. The van der Waals surface area contributed by atoms with E-state index < -0.39 is 0 Å². The molecule has 4 heteroatoms. The highest BCUT2D eigenvalue weighted by molar-refractivity contribution is 5.37. The molecule has 0 aliphatic carbocycles. The summed E-state index contributed by atoms with van der Waals surface area (Å²) in [5, 5.41) is 9.03. The normalized spacial score (nSPS) is 22.1. The van der Waals surface area contributed by atoms with Crippen LogP contribution in [0.4, 0.5) is 5.69 Å². The van der Waals surface area contributed by atoms with Crippen molar-refractivity contribution in [1.82, 2.24) is 9.88 Å². The quantitative estimate of drug-likeness (QED) is 0.756. The summed E-state index contributed by atoms with van der Waals surface area (Å²) in [5.74, 6) is 0.436. The molecule has 0 radical (unpaired) electrons. The summed E-state index contributed by atoms with van der Waals surface area (Å²) in [7, 11) is 0. The van der Waals surface area contributed by atoms with Gasteiger partial charge in [0.05, 0.1) is 5.69 Å². The van der Waals surface area contributed by atoms with Gasteiger partial charge >= 0.3 is 0 Å². The standard InChI is InChI=1S/C11H17N3O/c12-10-1-3-13-11(5-10)7-14-4-2-9(6-14)8-15/h1,3,5,9,15H,2,4,6-8H2,(H2,12,13). The molecule has 1 aliphatic rings. The molecular weight excluding hydrogens is 190 g/mol. The maximum absolute atomic E-state index is 9.03. The summed E-state index contributed by atoms with van der Waals surface area (Å²) in [6, 6.07) is 3.70. The first kappa shape index (κ1) is 10.4. The number of nitrogens with zero attached hydrogens (tertiary/aromatic N) is 2. The second kappa shape index (κ2) is 4.59. The molecule has 2 heterocycles. The molecule has 1 unspecified atom stereocenters. The molecule has 1 fully saturated rings. The van der Waals surface area contributed by atoms with Gasteiger partial charge in [0.2, 0.25) is 0 Å². The van der Waals surface area contributed by atoms with E-state index >= 15 is 0 Å². The number of hydrogen-bond acceptors (Lipinski definition) is 4. The van der Waals surface area contributed by atoms with Gasteiger partial charge in [-0.15, -0.1) is 0 Å². The van der Waals surface area contributed by atoms with E-state index in [1.807, 2.05) is 6.07 Å². The Bertz CT molecular complexity index is 329. The monoisotopic (exact) mass is 207 g/mol. The average molecular weight is 207 g/mol. The van der Waals surface area contributed by atoms with Crippen molar-refractivity contribution in [3.05, 3.63) is 24.0 Å². The van der Waals surface area contributed by atoms with E-state index in [0.29, 0.717) is 12.5 Å². The van der Waals surface area contributed by atoms with Crippen molar-refractivity contribution in [3.8, 4) is 0 Å². The lowest BCUT2D eigenvalue weighted by Gasteiger charge is -2.14. The zero-order chi connectivity index (χ0) is 10.7. The van der Waals surface area contributed by atoms with Crippen molar-refractivity contribution >= 4 is 5.69 Å². The van der Waals surface area contributed by atoms with E-state index in [1.165, 1.54) is 0 Å². The first-order chi connectivity index (χ1) is 7.28. The molecule has 1 aromatic heterocycles. The Morgan fingerprint density at radius 1 is 1.60 bits per heavy atom. The van der Waals surface area contributed by atoms with Crippen LogP contribution in [0.3, 0.4) is 0 Å². The molecule has 1 aliphatic heterocycles. The third-order valence-corrected chi connectivity index (χ3v) is 2.85. The molecule has 15 heavy (non-hydrogen) atoms. The summed E-state index contributed by atoms with van der Waals surface area (Å²) in [4.78, 5) is 6.58. The summed E-state index contributed by atoms with van der Waals surface area (Å²) < 4.78 is 0. The zero-order valence-electron chi connectivity index (χ0n) is 8.76. The van der Waals surface area contributed by atoms with Gasteiger partial charge in [0.15, 0.2) is 0 Å². The Hall–Kier alpha value is -1.13. The fraction of sp³-hybridized carbons (Fsp3) is 0.545. The molecule has 82 valence electrons. The Labute approximate surface area is 89.7 Å². The Morgan fingerprint density at radius 2 is 2.47 bits per heavy atom. The summed E-state index contributed by atoms with van der Waals surface area (Å²) in [6.45, 7) is 3.14. The van der Waals surface area contributed by atoms with Gasteiger partial charge in [-0.3, -0.25) is 9.88 Å². The lowest BCUT2D eigenvalue weighted by atomic mass is 10.1. The predicted octanol–water partition coefficient (Wildman–Crippen LogP) is 0.478. The largest absolute Gasteiger partial charge is 0.399 e. The molecule has 0 spiro atoms. The number of anilines is 1. The van der Waals surface area contributed by atoms with Gasteiger partial charge in [0.25, 0.3) is 0 Å². The van der Waals surface area contributed by atoms with E-state index in [1.54, 1.807) is 12.3 Å². The van der Waals surface area contributed by atoms with Crippen LogP contribution in [0.25, 0.3) is 0 Å². The maximum atomic E-state index is 9.03. The van der Waals surface area contributed by atoms with Crippen molar-refractivity contribution in [1.29, 1.82) is 0 Å². The second-order valence-corrected chi connectivity index (χ2v) is 4.15. The van der Waals surface area contributed by atoms with Crippen LogP contribution >= 0.6 is 0 Å². The van der Waals surface area contributed by atoms with Gasteiger partial charge in [0.1, 0.15) is 0 Å². The first-order valence-electron chi connectivity index (χ1n) is 5.31. The van der Waals surface area contributed by atoms with E-state index in [-0.39, 0.29) is 0 Å². The Kier molecular flexibility index (Phi) is 3.18. The molecule has 3 N–H and O–H groups in total. The lowest BCUT2D eigenvalue weighted by molar-refractivity contribution is 0.219. The number of likely N-dealkylation sites (tertiary alicyclic amines) is 1. The van der Waals surface area contributed by atoms with Crippen LogP contribution in [-0.4, -0.2) is 34.7 Å². The van der Waals surface area contributed by atoms with Crippen LogP contribution in [0.1, 0.15) is 12.1 Å². The van der Waals surface area contributed by atoms with Crippen molar-refractivity contribution in [3.63, 3.8) is 0 Å². The Balaban J connectivity index is 1.92. The molecule has 4 nitrogen and oxygen atoms in total.